The van der Waals surface area contributed by atoms with Crippen molar-refractivity contribution in [1.82, 2.24) is 10.6 Å². The summed E-state index contributed by atoms with van der Waals surface area (Å²) in [5, 5.41) is 6.34. The van der Waals surface area contributed by atoms with E-state index in [0.29, 0.717) is 12.5 Å². The van der Waals surface area contributed by atoms with Crippen molar-refractivity contribution in [2.75, 3.05) is 26.2 Å². The molecule has 0 aromatic heterocycles. The molecule has 4 nitrogen and oxygen atoms in total. The molecular weight excluding hydrogens is 324 g/mol. The molecule has 1 aromatic rings. The molecule has 1 aliphatic rings. The monoisotopic (exact) mass is 354 g/mol. The van der Waals surface area contributed by atoms with Gasteiger partial charge in [-0.2, -0.15) is 0 Å². The molecule has 0 aliphatic carbocycles. The van der Waals surface area contributed by atoms with Crippen LogP contribution in [0.4, 0.5) is 0 Å². The van der Waals surface area contributed by atoms with Crippen LogP contribution in [0.5, 0.6) is 5.75 Å². The third kappa shape index (κ3) is 5.99. The van der Waals surface area contributed by atoms with Crippen molar-refractivity contribution >= 4 is 18.3 Å². The van der Waals surface area contributed by atoms with Gasteiger partial charge in [-0.3, -0.25) is 4.79 Å². The van der Waals surface area contributed by atoms with Crippen LogP contribution in [-0.4, -0.2) is 32.1 Å². The molecule has 5 heteroatoms. The molecule has 1 aliphatic heterocycles. The molecule has 1 amide bonds. The van der Waals surface area contributed by atoms with Crippen LogP contribution < -0.4 is 15.4 Å². The van der Waals surface area contributed by atoms with Crippen molar-refractivity contribution in [3.05, 3.63) is 29.8 Å². The van der Waals surface area contributed by atoms with Gasteiger partial charge in [-0.05, 0) is 36.6 Å². The Morgan fingerprint density at radius 3 is 2.54 bits per heavy atom. The predicted octanol–water partition coefficient (Wildman–Crippen LogP) is 3.15. The maximum Gasteiger partial charge on any atom is 0.224 e. The number of ether oxygens (including phenoxy) is 1. The number of rotatable bonds is 7. The first-order valence-corrected chi connectivity index (χ1v) is 8.60. The van der Waals surface area contributed by atoms with Crippen LogP contribution in [-0.2, 0) is 10.2 Å². The fourth-order valence-corrected chi connectivity index (χ4v) is 2.70. The molecule has 0 radical (unpaired) electrons. The summed E-state index contributed by atoms with van der Waals surface area (Å²) in [5.74, 6) is 1.71. The van der Waals surface area contributed by atoms with Crippen LogP contribution >= 0.6 is 12.4 Å². The summed E-state index contributed by atoms with van der Waals surface area (Å²) in [6.07, 6.45) is 0.939. The molecule has 1 unspecified atom stereocenters. The number of amides is 1. The minimum Gasteiger partial charge on any atom is -0.493 e. The number of carbonyl (C=O) groups is 1. The molecule has 1 aromatic carbocycles. The van der Waals surface area contributed by atoms with Gasteiger partial charge in [-0.1, -0.05) is 39.8 Å². The van der Waals surface area contributed by atoms with E-state index in [1.54, 1.807) is 0 Å². The topological polar surface area (TPSA) is 50.4 Å². The Hall–Kier alpha value is -1.26. The fourth-order valence-electron chi connectivity index (χ4n) is 2.70. The smallest absolute Gasteiger partial charge is 0.224 e. The third-order valence-electron chi connectivity index (χ3n) is 4.35. The van der Waals surface area contributed by atoms with Gasteiger partial charge >= 0.3 is 0 Å². The number of halogens is 1. The highest BCUT2D eigenvalue weighted by Gasteiger charge is 2.26. The van der Waals surface area contributed by atoms with Crippen molar-refractivity contribution < 1.29 is 9.53 Å². The lowest BCUT2D eigenvalue weighted by molar-refractivity contribution is -0.124. The van der Waals surface area contributed by atoms with E-state index in [9.17, 15) is 4.79 Å². The second-order valence-electron chi connectivity index (χ2n) is 7.52. The van der Waals surface area contributed by atoms with Crippen LogP contribution in [0.2, 0.25) is 0 Å². The molecule has 2 N–H and O–H groups in total. The minimum absolute atomic E-state index is 0. The van der Waals surface area contributed by atoms with E-state index in [-0.39, 0.29) is 29.6 Å². The zero-order valence-corrected chi connectivity index (χ0v) is 16.0. The van der Waals surface area contributed by atoms with E-state index in [1.807, 2.05) is 12.1 Å². The molecule has 0 bridgehead atoms. The zero-order chi connectivity index (χ0) is 16.9. The van der Waals surface area contributed by atoms with E-state index in [4.69, 9.17) is 4.74 Å². The fraction of sp³-hybridized carbons (Fsp3) is 0.632. The summed E-state index contributed by atoms with van der Waals surface area (Å²) in [4.78, 5) is 12.2. The number of nitrogens with one attached hydrogen (secondary N) is 2. The SMILES string of the molecule is CC(C)COc1ccc(C(C)(C)CNC(=O)C2CCNC2)cc1.Cl. The minimum atomic E-state index is -0.0989. The molecule has 24 heavy (non-hydrogen) atoms. The molecule has 2 rings (SSSR count). The lowest BCUT2D eigenvalue weighted by Crippen LogP contribution is -2.40. The van der Waals surface area contributed by atoms with Crippen molar-refractivity contribution in [2.24, 2.45) is 11.8 Å². The highest BCUT2D eigenvalue weighted by atomic mass is 35.5. The van der Waals surface area contributed by atoms with Gasteiger partial charge in [-0.25, -0.2) is 0 Å². The Kier molecular flexibility index (Phi) is 8.04. The number of hydrogen-bond donors (Lipinski definition) is 2. The van der Waals surface area contributed by atoms with Crippen LogP contribution in [0.25, 0.3) is 0 Å². The van der Waals surface area contributed by atoms with E-state index in [2.05, 4.69) is 50.5 Å². The van der Waals surface area contributed by atoms with Crippen molar-refractivity contribution in [1.29, 1.82) is 0 Å². The molecule has 0 spiro atoms. The van der Waals surface area contributed by atoms with Crippen molar-refractivity contribution in [3.63, 3.8) is 0 Å². The highest BCUT2D eigenvalue weighted by molar-refractivity contribution is 5.85. The molecule has 1 fully saturated rings. The summed E-state index contributed by atoms with van der Waals surface area (Å²) >= 11 is 0. The average Bonchev–Trinajstić information content (AvgIpc) is 3.05. The zero-order valence-electron chi connectivity index (χ0n) is 15.2. The second kappa shape index (κ2) is 9.28. The summed E-state index contributed by atoms with van der Waals surface area (Å²) in [5.41, 5.74) is 1.11. The Bertz CT molecular complexity index is 509. The predicted molar refractivity (Wildman–Crippen MR) is 101 cm³/mol. The molecule has 1 atom stereocenters. The molecule has 0 saturated carbocycles. The standard InChI is InChI=1S/C19H30N2O2.ClH/c1-14(2)12-23-17-7-5-16(6-8-17)19(3,4)13-21-18(22)15-9-10-20-11-15;/h5-8,14-15,20H,9-13H2,1-4H3,(H,21,22);1H. The van der Waals surface area contributed by atoms with Crippen molar-refractivity contribution in [2.45, 2.75) is 39.5 Å². The average molecular weight is 355 g/mol. The van der Waals surface area contributed by atoms with E-state index in [1.165, 1.54) is 5.56 Å². The largest absolute Gasteiger partial charge is 0.493 e. The van der Waals surface area contributed by atoms with E-state index in [0.717, 1.165) is 31.9 Å². The van der Waals surface area contributed by atoms with Gasteiger partial charge in [0.05, 0.1) is 12.5 Å². The first-order chi connectivity index (χ1) is 10.9. The van der Waals surface area contributed by atoms with Gasteiger partial charge in [0.15, 0.2) is 0 Å². The Morgan fingerprint density at radius 1 is 1.33 bits per heavy atom. The lowest BCUT2D eigenvalue weighted by atomic mass is 9.84. The molecule has 136 valence electrons. The first kappa shape index (κ1) is 20.8. The highest BCUT2D eigenvalue weighted by Crippen LogP contribution is 2.25. The van der Waals surface area contributed by atoms with E-state index >= 15 is 0 Å². The van der Waals surface area contributed by atoms with Gasteiger partial charge < -0.3 is 15.4 Å². The van der Waals surface area contributed by atoms with Gasteiger partial charge in [0, 0.05) is 18.5 Å². The number of hydrogen-bond acceptors (Lipinski definition) is 3. The first-order valence-electron chi connectivity index (χ1n) is 8.60. The van der Waals surface area contributed by atoms with Crippen LogP contribution in [0.15, 0.2) is 24.3 Å². The normalized spacial score (nSPS) is 17.5. The summed E-state index contributed by atoms with van der Waals surface area (Å²) in [7, 11) is 0. The van der Waals surface area contributed by atoms with Gasteiger partial charge in [0.2, 0.25) is 5.91 Å². The molecule has 1 heterocycles. The summed E-state index contributed by atoms with van der Waals surface area (Å²) in [6, 6.07) is 8.22. The van der Waals surface area contributed by atoms with Crippen LogP contribution in [0.1, 0.15) is 39.7 Å². The quantitative estimate of drug-likeness (QED) is 0.790. The number of carbonyl (C=O) groups excluding carboxylic acids is 1. The Balaban J connectivity index is 0.00000288. The molecule has 1 saturated heterocycles. The Morgan fingerprint density at radius 2 is 2.00 bits per heavy atom. The summed E-state index contributed by atoms with van der Waals surface area (Å²) in [6.45, 7) is 11.7. The van der Waals surface area contributed by atoms with Gasteiger partial charge in [-0.15, -0.1) is 12.4 Å². The maximum absolute atomic E-state index is 12.2. The van der Waals surface area contributed by atoms with Gasteiger partial charge in [0.1, 0.15) is 5.75 Å². The number of benzene rings is 1. The van der Waals surface area contributed by atoms with Crippen LogP contribution in [0.3, 0.4) is 0 Å². The van der Waals surface area contributed by atoms with E-state index < -0.39 is 0 Å². The van der Waals surface area contributed by atoms with Crippen LogP contribution in [0, 0.1) is 11.8 Å². The lowest BCUT2D eigenvalue weighted by Gasteiger charge is -2.26. The molecular formula is C19H31ClN2O2. The summed E-state index contributed by atoms with van der Waals surface area (Å²) < 4.78 is 5.72. The Labute approximate surface area is 152 Å². The second-order valence-corrected chi connectivity index (χ2v) is 7.52. The third-order valence-corrected chi connectivity index (χ3v) is 4.35. The van der Waals surface area contributed by atoms with Crippen molar-refractivity contribution in [3.8, 4) is 5.75 Å². The maximum atomic E-state index is 12.2. The van der Waals surface area contributed by atoms with Gasteiger partial charge in [0.25, 0.3) is 0 Å².